The molecule has 0 radical (unpaired) electrons. The summed E-state index contributed by atoms with van der Waals surface area (Å²) in [6, 6.07) is 3.70. The van der Waals surface area contributed by atoms with Gasteiger partial charge in [-0.1, -0.05) is 23.4 Å². The van der Waals surface area contributed by atoms with E-state index in [9.17, 15) is 8.42 Å². The summed E-state index contributed by atoms with van der Waals surface area (Å²) in [5, 5.41) is 9.15. The van der Waals surface area contributed by atoms with Gasteiger partial charge >= 0.3 is 0 Å². The maximum absolute atomic E-state index is 11.5. The Bertz CT molecular complexity index is 915. The summed E-state index contributed by atoms with van der Waals surface area (Å²) in [5.41, 5.74) is 1.87. The van der Waals surface area contributed by atoms with Gasteiger partial charge in [0.1, 0.15) is 5.75 Å². The highest BCUT2D eigenvalue weighted by molar-refractivity contribution is 7.98. The van der Waals surface area contributed by atoms with Crippen molar-refractivity contribution in [1.82, 2.24) is 10.2 Å². The first-order valence-corrected chi connectivity index (χ1v) is 11.3. The van der Waals surface area contributed by atoms with Crippen molar-refractivity contribution in [3.63, 3.8) is 0 Å². The van der Waals surface area contributed by atoms with Gasteiger partial charge < -0.3 is 13.9 Å². The summed E-state index contributed by atoms with van der Waals surface area (Å²) >= 11 is 7.56. The van der Waals surface area contributed by atoms with Crippen molar-refractivity contribution < 1.29 is 22.3 Å². The summed E-state index contributed by atoms with van der Waals surface area (Å²) in [5.74, 6) is 2.36. The van der Waals surface area contributed by atoms with E-state index < -0.39 is 9.84 Å². The van der Waals surface area contributed by atoms with Crippen LogP contribution in [0, 0.1) is 5.92 Å². The largest absolute Gasteiger partial charge is 0.467 e. The quantitative estimate of drug-likeness (QED) is 0.687. The first kappa shape index (κ1) is 18.1. The van der Waals surface area contributed by atoms with Crippen molar-refractivity contribution in [1.29, 1.82) is 0 Å². The van der Waals surface area contributed by atoms with Crippen molar-refractivity contribution >= 4 is 33.2 Å². The summed E-state index contributed by atoms with van der Waals surface area (Å²) in [7, 11) is -2.90. The third-order valence-corrected chi connectivity index (χ3v) is 7.26. The molecule has 0 spiro atoms. The van der Waals surface area contributed by atoms with Crippen LogP contribution in [0.15, 0.2) is 21.8 Å². The van der Waals surface area contributed by atoms with Gasteiger partial charge in [-0.3, -0.25) is 0 Å². The fourth-order valence-corrected chi connectivity index (χ4v) is 6.03. The molecule has 2 aliphatic rings. The van der Waals surface area contributed by atoms with Crippen LogP contribution in [-0.4, -0.2) is 36.9 Å². The van der Waals surface area contributed by atoms with Crippen LogP contribution in [0.1, 0.15) is 23.4 Å². The molecule has 140 valence electrons. The predicted molar refractivity (Wildman–Crippen MR) is 96.1 cm³/mol. The number of sulfone groups is 1. The van der Waals surface area contributed by atoms with Crippen molar-refractivity contribution in [2.75, 3.05) is 18.3 Å². The zero-order valence-electron chi connectivity index (χ0n) is 13.8. The highest BCUT2D eigenvalue weighted by atomic mass is 35.5. The third-order valence-electron chi connectivity index (χ3n) is 4.34. The fraction of sp³-hybridized carbons (Fsp3) is 0.500. The Balaban J connectivity index is 1.40. The molecule has 1 fully saturated rings. The first-order chi connectivity index (χ1) is 12.5. The number of halogens is 1. The van der Waals surface area contributed by atoms with Gasteiger partial charge in [0, 0.05) is 28.3 Å². The molecule has 7 nitrogen and oxygen atoms in total. The molecule has 2 aromatic rings. The average Bonchev–Trinajstić information content (AvgIpc) is 3.18. The molecular weight excluding hydrogens is 400 g/mol. The summed E-state index contributed by atoms with van der Waals surface area (Å²) < 4.78 is 39.6. The highest BCUT2D eigenvalue weighted by Gasteiger charge is 2.29. The van der Waals surface area contributed by atoms with Gasteiger partial charge in [0.25, 0.3) is 5.22 Å². The standard InChI is InChI=1S/C16H17ClN2O5S2/c17-13-4-11-6-22-9-23-15(11)12(5-13)7-25-16-19-18-14(24-16)3-10-1-2-26(20,21)8-10/h4-5,10H,1-3,6-9H2/t10-/m0/s1. The Morgan fingerprint density at radius 2 is 2.19 bits per heavy atom. The highest BCUT2D eigenvalue weighted by Crippen LogP contribution is 2.35. The van der Waals surface area contributed by atoms with E-state index in [1.165, 1.54) is 11.8 Å². The number of rotatable bonds is 5. The van der Waals surface area contributed by atoms with Crippen LogP contribution in [0.2, 0.25) is 5.02 Å². The van der Waals surface area contributed by atoms with E-state index >= 15 is 0 Å². The Hall–Kier alpha value is -1.29. The number of fused-ring (bicyclic) bond motifs is 1. The van der Waals surface area contributed by atoms with Crippen LogP contribution in [0.3, 0.4) is 0 Å². The lowest BCUT2D eigenvalue weighted by Crippen LogP contribution is -2.12. The zero-order valence-corrected chi connectivity index (χ0v) is 16.2. The number of hydrogen-bond donors (Lipinski definition) is 0. The van der Waals surface area contributed by atoms with E-state index in [4.69, 9.17) is 25.5 Å². The molecule has 26 heavy (non-hydrogen) atoms. The molecule has 4 rings (SSSR count). The van der Waals surface area contributed by atoms with Crippen LogP contribution in [0.25, 0.3) is 0 Å². The number of ether oxygens (including phenoxy) is 2. The van der Waals surface area contributed by atoms with Crippen LogP contribution in [0.5, 0.6) is 5.75 Å². The summed E-state index contributed by atoms with van der Waals surface area (Å²) in [6.45, 7) is 0.698. The SMILES string of the molecule is O=S1(=O)CC[C@@H](Cc2nnc(SCc3cc(Cl)cc4c3OCOC4)o2)C1. The van der Waals surface area contributed by atoms with Gasteiger partial charge in [0.15, 0.2) is 16.6 Å². The van der Waals surface area contributed by atoms with E-state index in [0.717, 1.165) is 16.9 Å². The molecule has 0 N–H and O–H groups in total. The molecule has 2 aliphatic heterocycles. The number of hydrogen-bond acceptors (Lipinski definition) is 8. The van der Waals surface area contributed by atoms with Gasteiger partial charge in [-0.05, 0) is 24.5 Å². The molecule has 0 bridgehead atoms. The number of nitrogens with zero attached hydrogens (tertiary/aromatic N) is 2. The van der Waals surface area contributed by atoms with Gasteiger partial charge in [-0.2, -0.15) is 0 Å². The van der Waals surface area contributed by atoms with E-state index in [-0.39, 0.29) is 24.2 Å². The normalized spacial score (nSPS) is 21.3. The van der Waals surface area contributed by atoms with Crippen molar-refractivity contribution in [3.8, 4) is 5.75 Å². The van der Waals surface area contributed by atoms with E-state index in [1.807, 2.05) is 12.1 Å². The minimum Gasteiger partial charge on any atom is -0.467 e. The first-order valence-electron chi connectivity index (χ1n) is 8.16. The van der Waals surface area contributed by atoms with Crippen molar-refractivity contribution in [2.24, 2.45) is 5.92 Å². The molecule has 1 aromatic heterocycles. The molecule has 0 saturated carbocycles. The van der Waals surface area contributed by atoms with Crippen LogP contribution >= 0.6 is 23.4 Å². The second-order valence-electron chi connectivity index (χ2n) is 6.39. The number of thioether (sulfide) groups is 1. The fourth-order valence-electron chi connectivity index (χ4n) is 3.16. The topological polar surface area (TPSA) is 91.5 Å². The second kappa shape index (κ2) is 7.38. The summed E-state index contributed by atoms with van der Waals surface area (Å²) in [6.07, 6.45) is 1.15. The maximum atomic E-state index is 11.5. The second-order valence-corrected chi connectivity index (χ2v) is 9.98. The molecule has 3 heterocycles. The lowest BCUT2D eigenvalue weighted by Gasteiger charge is -2.20. The Morgan fingerprint density at radius 3 is 3.00 bits per heavy atom. The molecule has 1 saturated heterocycles. The predicted octanol–water partition coefficient (Wildman–Crippen LogP) is 2.86. The van der Waals surface area contributed by atoms with E-state index in [2.05, 4.69) is 10.2 Å². The van der Waals surface area contributed by atoms with Crippen LogP contribution in [0.4, 0.5) is 0 Å². The van der Waals surface area contributed by atoms with E-state index in [1.54, 1.807) is 0 Å². The number of aromatic nitrogens is 2. The average molecular weight is 417 g/mol. The zero-order chi connectivity index (χ0) is 18.1. The Morgan fingerprint density at radius 1 is 1.31 bits per heavy atom. The van der Waals surface area contributed by atoms with Gasteiger partial charge in [-0.25, -0.2) is 8.42 Å². The molecule has 0 amide bonds. The third kappa shape index (κ3) is 4.16. The Kier molecular flexibility index (Phi) is 5.13. The maximum Gasteiger partial charge on any atom is 0.276 e. The van der Waals surface area contributed by atoms with Crippen LogP contribution in [-0.2, 0) is 33.4 Å². The van der Waals surface area contributed by atoms with Gasteiger partial charge in [0.05, 0.1) is 18.1 Å². The smallest absolute Gasteiger partial charge is 0.276 e. The van der Waals surface area contributed by atoms with Crippen molar-refractivity contribution in [2.45, 2.75) is 30.4 Å². The molecule has 1 atom stereocenters. The Labute approximate surface area is 160 Å². The van der Waals surface area contributed by atoms with Gasteiger partial charge in [0.2, 0.25) is 5.89 Å². The van der Waals surface area contributed by atoms with Crippen molar-refractivity contribution in [3.05, 3.63) is 34.2 Å². The lowest BCUT2D eigenvalue weighted by atomic mass is 10.1. The molecule has 1 aromatic carbocycles. The summed E-state index contributed by atoms with van der Waals surface area (Å²) in [4.78, 5) is 0. The number of benzene rings is 1. The monoisotopic (exact) mass is 416 g/mol. The minimum atomic E-state index is -2.90. The lowest BCUT2D eigenvalue weighted by molar-refractivity contribution is -0.0168. The molecule has 10 heteroatoms. The molecule has 0 unspecified atom stereocenters. The molecular formula is C16H17ClN2O5S2. The minimum absolute atomic E-state index is 0.0617. The van der Waals surface area contributed by atoms with E-state index in [0.29, 0.717) is 41.3 Å². The molecule has 0 aliphatic carbocycles. The van der Waals surface area contributed by atoms with Gasteiger partial charge in [-0.15, -0.1) is 10.2 Å². The van der Waals surface area contributed by atoms with Crippen LogP contribution < -0.4 is 4.74 Å².